The van der Waals surface area contributed by atoms with Gasteiger partial charge in [-0.2, -0.15) is 0 Å². The third kappa shape index (κ3) is 3.22. The highest BCUT2D eigenvalue weighted by Gasteiger charge is 2.20. The minimum absolute atomic E-state index is 0.0607. The molecule has 0 aliphatic carbocycles. The molecule has 6 nitrogen and oxygen atoms in total. The van der Waals surface area contributed by atoms with Gasteiger partial charge >= 0.3 is 0 Å². The van der Waals surface area contributed by atoms with Crippen LogP contribution >= 0.6 is 0 Å². The predicted molar refractivity (Wildman–Crippen MR) is 93.7 cm³/mol. The number of nitrogens with zero attached hydrogens (tertiary/aromatic N) is 2. The molecule has 6 heteroatoms. The topological polar surface area (TPSA) is 75.5 Å². The van der Waals surface area contributed by atoms with Crippen LogP contribution in [0.25, 0.3) is 0 Å². The number of benzene rings is 2. The average Bonchev–Trinajstić information content (AvgIpc) is 3.11. The molecule has 0 bridgehead atoms. The Hall–Kier alpha value is -2.89. The van der Waals surface area contributed by atoms with Gasteiger partial charge in [0, 0.05) is 30.5 Å². The lowest BCUT2D eigenvalue weighted by Gasteiger charge is -2.19. The van der Waals surface area contributed by atoms with Crippen LogP contribution in [-0.2, 0) is 0 Å². The molecule has 1 aliphatic heterocycles. The number of nitro benzene ring substituents is 1. The van der Waals surface area contributed by atoms with Crippen LogP contribution in [0.1, 0.15) is 28.8 Å². The fourth-order valence-corrected chi connectivity index (χ4v) is 2.97. The molecule has 2 aromatic carbocycles. The van der Waals surface area contributed by atoms with Crippen LogP contribution in [0.4, 0.5) is 17.1 Å². The van der Waals surface area contributed by atoms with E-state index in [-0.39, 0.29) is 11.3 Å². The summed E-state index contributed by atoms with van der Waals surface area (Å²) >= 11 is 0. The number of amides is 1. The third-order valence-electron chi connectivity index (χ3n) is 4.27. The van der Waals surface area contributed by atoms with E-state index in [1.807, 2.05) is 25.1 Å². The maximum Gasteiger partial charge on any atom is 0.282 e. The van der Waals surface area contributed by atoms with Gasteiger partial charge in [-0.05, 0) is 49.6 Å². The molecule has 0 radical (unpaired) electrons. The lowest BCUT2D eigenvalue weighted by atomic mass is 10.1. The number of carbonyl (C=O) groups excluding carboxylic acids is 1. The van der Waals surface area contributed by atoms with Crippen molar-refractivity contribution in [1.82, 2.24) is 0 Å². The first kappa shape index (κ1) is 16.0. The predicted octanol–water partition coefficient (Wildman–Crippen LogP) is 3.76. The lowest BCUT2D eigenvalue weighted by molar-refractivity contribution is -0.385. The van der Waals surface area contributed by atoms with Crippen molar-refractivity contribution in [1.29, 1.82) is 0 Å². The van der Waals surface area contributed by atoms with Crippen molar-refractivity contribution in [3.8, 4) is 0 Å². The minimum atomic E-state index is -0.543. The summed E-state index contributed by atoms with van der Waals surface area (Å²) < 4.78 is 0. The molecule has 124 valence electrons. The molecule has 1 heterocycles. The summed E-state index contributed by atoms with van der Waals surface area (Å²) in [6.45, 7) is 4.04. The van der Waals surface area contributed by atoms with Gasteiger partial charge < -0.3 is 10.2 Å². The largest absolute Gasteiger partial charge is 0.372 e. The van der Waals surface area contributed by atoms with Crippen LogP contribution in [0.3, 0.4) is 0 Å². The molecule has 0 aromatic heterocycles. The Morgan fingerprint density at radius 2 is 1.88 bits per heavy atom. The van der Waals surface area contributed by atoms with E-state index in [1.54, 1.807) is 12.1 Å². The van der Waals surface area contributed by atoms with Crippen LogP contribution in [0, 0.1) is 17.0 Å². The molecule has 3 rings (SSSR count). The molecule has 1 amide bonds. The third-order valence-corrected chi connectivity index (χ3v) is 4.27. The van der Waals surface area contributed by atoms with Gasteiger partial charge in [0.1, 0.15) is 5.56 Å². The minimum Gasteiger partial charge on any atom is -0.372 e. The van der Waals surface area contributed by atoms with Gasteiger partial charge in [-0.25, -0.2) is 0 Å². The molecule has 0 spiro atoms. The zero-order chi connectivity index (χ0) is 17.1. The molecular formula is C18H19N3O3. The molecular weight excluding hydrogens is 306 g/mol. The van der Waals surface area contributed by atoms with E-state index in [9.17, 15) is 14.9 Å². The van der Waals surface area contributed by atoms with Crippen molar-refractivity contribution in [2.75, 3.05) is 23.3 Å². The van der Waals surface area contributed by atoms with Gasteiger partial charge in [0.15, 0.2) is 0 Å². The van der Waals surface area contributed by atoms with E-state index in [2.05, 4.69) is 10.2 Å². The Morgan fingerprint density at radius 3 is 2.54 bits per heavy atom. The van der Waals surface area contributed by atoms with Crippen LogP contribution in [0.15, 0.2) is 42.5 Å². The summed E-state index contributed by atoms with van der Waals surface area (Å²) in [7, 11) is 0. The number of anilines is 2. The van der Waals surface area contributed by atoms with Gasteiger partial charge in [0.25, 0.3) is 11.6 Å². The maximum atomic E-state index is 12.4. The van der Waals surface area contributed by atoms with E-state index in [0.29, 0.717) is 5.69 Å². The second kappa shape index (κ2) is 6.70. The van der Waals surface area contributed by atoms with E-state index < -0.39 is 10.8 Å². The molecule has 2 aromatic rings. The summed E-state index contributed by atoms with van der Waals surface area (Å²) in [4.78, 5) is 25.2. The Kier molecular flexibility index (Phi) is 4.46. The van der Waals surface area contributed by atoms with E-state index in [0.717, 1.165) is 24.3 Å². The van der Waals surface area contributed by atoms with Gasteiger partial charge in [-0.3, -0.25) is 14.9 Å². The quantitative estimate of drug-likeness (QED) is 0.686. The highest BCUT2D eigenvalue weighted by molar-refractivity contribution is 6.07. The number of aryl methyl sites for hydroxylation is 1. The van der Waals surface area contributed by atoms with Crippen LogP contribution in [0.2, 0.25) is 0 Å². The SMILES string of the molecule is Cc1cc(N2CCCC2)ccc1NC(=O)c1ccccc1[N+](=O)[O-]. The Labute approximate surface area is 140 Å². The molecule has 0 unspecified atom stereocenters. The number of rotatable bonds is 4. The van der Waals surface area contributed by atoms with Crippen LogP contribution in [0.5, 0.6) is 0 Å². The number of hydrogen-bond donors (Lipinski definition) is 1. The average molecular weight is 325 g/mol. The van der Waals surface area contributed by atoms with E-state index >= 15 is 0 Å². The number of nitro groups is 1. The first-order valence-corrected chi connectivity index (χ1v) is 7.96. The Morgan fingerprint density at radius 1 is 1.17 bits per heavy atom. The molecule has 0 saturated carbocycles. The second-order valence-electron chi connectivity index (χ2n) is 5.92. The highest BCUT2D eigenvalue weighted by Crippen LogP contribution is 2.26. The standard InChI is InChI=1S/C18H19N3O3/c1-13-12-14(20-10-4-5-11-20)8-9-16(13)19-18(22)15-6-2-3-7-17(15)21(23)24/h2-3,6-9,12H,4-5,10-11H2,1H3,(H,19,22). The van der Waals surface area contributed by atoms with Crippen molar-refractivity contribution in [3.05, 3.63) is 63.7 Å². The molecule has 1 fully saturated rings. The Bertz CT molecular complexity index is 783. The van der Waals surface area contributed by atoms with Crippen molar-refractivity contribution in [2.24, 2.45) is 0 Å². The number of nitrogens with one attached hydrogen (secondary N) is 1. The summed E-state index contributed by atoms with van der Waals surface area (Å²) in [6.07, 6.45) is 2.41. The number of carbonyl (C=O) groups is 1. The number of hydrogen-bond acceptors (Lipinski definition) is 4. The van der Waals surface area contributed by atoms with Gasteiger partial charge in [-0.1, -0.05) is 12.1 Å². The monoisotopic (exact) mass is 325 g/mol. The first-order valence-electron chi connectivity index (χ1n) is 7.96. The molecule has 1 saturated heterocycles. The fourth-order valence-electron chi connectivity index (χ4n) is 2.97. The first-order chi connectivity index (χ1) is 11.6. The van der Waals surface area contributed by atoms with E-state index in [4.69, 9.17) is 0 Å². The smallest absolute Gasteiger partial charge is 0.282 e. The van der Waals surface area contributed by atoms with Crippen molar-refractivity contribution >= 4 is 23.0 Å². The van der Waals surface area contributed by atoms with Gasteiger partial charge in [-0.15, -0.1) is 0 Å². The normalized spacial score (nSPS) is 13.8. The summed E-state index contributed by atoms with van der Waals surface area (Å²) in [5, 5.41) is 13.8. The zero-order valence-corrected chi connectivity index (χ0v) is 13.5. The zero-order valence-electron chi connectivity index (χ0n) is 13.5. The molecule has 0 atom stereocenters. The van der Waals surface area contributed by atoms with Crippen LogP contribution < -0.4 is 10.2 Å². The van der Waals surface area contributed by atoms with Crippen LogP contribution in [-0.4, -0.2) is 23.9 Å². The van der Waals surface area contributed by atoms with Crippen molar-refractivity contribution in [2.45, 2.75) is 19.8 Å². The second-order valence-corrected chi connectivity index (χ2v) is 5.92. The number of para-hydroxylation sites is 1. The molecule has 24 heavy (non-hydrogen) atoms. The van der Waals surface area contributed by atoms with Crippen molar-refractivity contribution in [3.63, 3.8) is 0 Å². The Balaban J connectivity index is 1.81. The summed E-state index contributed by atoms with van der Waals surface area (Å²) in [6, 6.07) is 11.8. The summed E-state index contributed by atoms with van der Waals surface area (Å²) in [5.74, 6) is -0.473. The highest BCUT2D eigenvalue weighted by atomic mass is 16.6. The van der Waals surface area contributed by atoms with Gasteiger partial charge in [0.2, 0.25) is 0 Å². The summed E-state index contributed by atoms with van der Waals surface area (Å²) in [5.41, 5.74) is 2.62. The van der Waals surface area contributed by atoms with Crippen molar-refractivity contribution < 1.29 is 9.72 Å². The van der Waals surface area contributed by atoms with Gasteiger partial charge in [0.05, 0.1) is 4.92 Å². The molecule has 1 N–H and O–H groups in total. The lowest BCUT2D eigenvalue weighted by Crippen LogP contribution is -2.18. The van der Waals surface area contributed by atoms with E-state index in [1.165, 1.54) is 25.0 Å². The maximum absolute atomic E-state index is 12.4. The molecule has 1 aliphatic rings. The fraction of sp³-hybridized carbons (Fsp3) is 0.278.